The molecule has 1 rings (SSSR count). The van der Waals surface area contributed by atoms with Crippen LogP contribution in [0.25, 0.3) is 0 Å². The maximum Gasteiger partial charge on any atom is 0.321 e. The summed E-state index contributed by atoms with van der Waals surface area (Å²) in [6.07, 6.45) is 0.529. The van der Waals surface area contributed by atoms with Crippen molar-refractivity contribution in [2.24, 2.45) is 0 Å². The van der Waals surface area contributed by atoms with Gasteiger partial charge in [-0.15, -0.1) is 0 Å². The van der Waals surface area contributed by atoms with Gasteiger partial charge in [-0.05, 0) is 31.0 Å². The third kappa shape index (κ3) is 5.44. The summed E-state index contributed by atoms with van der Waals surface area (Å²) in [5.41, 5.74) is 0. The Hall–Kier alpha value is -0.860. The van der Waals surface area contributed by atoms with Crippen molar-refractivity contribution in [3.8, 4) is 0 Å². The summed E-state index contributed by atoms with van der Waals surface area (Å²) in [6, 6.07) is 2.52. The molecule has 1 aromatic carbocycles. The Balaban J connectivity index is 2.89. The van der Waals surface area contributed by atoms with E-state index in [2.05, 4.69) is 4.72 Å². The Bertz CT molecular complexity index is 606. The van der Waals surface area contributed by atoms with Crippen LogP contribution in [0, 0.1) is 0 Å². The molecule has 0 radical (unpaired) electrons. The molecule has 0 aliphatic carbocycles. The van der Waals surface area contributed by atoms with E-state index in [-0.39, 0.29) is 21.4 Å². The molecule has 0 bridgehead atoms. The van der Waals surface area contributed by atoms with E-state index in [4.69, 9.17) is 33.0 Å². The number of hydrogen-bond acceptors (Lipinski definition) is 4. The van der Waals surface area contributed by atoms with Crippen LogP contribution in [-0.4, -0.2) is 39.3 Å². The molecule has 6 nitrogen and oxygen atoms in total. The normalized spacial score (nSPS) is 13.1. The summed E-state index contributed by atoms with van der Waals surface area (Å²) in [5, 5.41) is 9.35. The van der Waals surface area contributed by atoms with E-state index < -0.39 is 22.0 Å². The maximum absolute atomic E-state index is 12.1. The highest BCUT2D eigenvalue weighted by Crippen LogP contribution is 2.24. The van der Waals surface area contributed by atoms with Gasteiger partial charge in [0.25, 0.3) is 0 Å². The molecule has 0 saturated carbocycles. The first-order valence-corrected chi connectivity index (χ1v) is 8.21. The fraction of sp³-hybridized carbons (Fsp3) is 0.417. The SMILES string of the molecule is COCCCC(NS(=O)(=O)c1ccc(Cl)c(Cl)c1)C(=O)O. The number of nitrogens with one attached hydrogen (secondary N) is 1. The topological polar surface area (TPSA) is 92.7 Å². The van der Waals surface area contributed by atoms with Crippen LogP contribution in [0.2, 0.25) is 10.0 Å². The fourth-order valence-electron chi connectivity index (χ4n) is 1.56. The molecular weight excluding hydrogens is 341 g/mol. The number of carboxylic acids is 1. The average Bonchev–Trinajstić information content (AvgIpc) is 2.40. The highest BCUT2D eigenvalue weighted by molar-refractivity contribution is 7.89. The van der Waals surface area contributed by atoms with Crippen LogP contribution in [-0.2, 0) is 19.6 Å². The van der Waals surface area contributed by atoms with E-state index >= 15 is 0 Å². The Morgan fingerprint density at radius 1 is 1.38 bits per heavy atom. The smallest absolute Gasteiger partial charge is 0.321 e. The second kappa shape index (κ2) is 7.95. The van der Waals surface area contributed by atoms with Crippen LogP contribution in [0.4, 0.5) is 0 Å². The van der Waals surface area contributed by atoms with Gasteiger partial charge in [-0.1, -0.05) is 23.2 Å². The number of ether oxygens (including phenoxy) is 1. The number of hydrogen-bond donors (Lipinski definition) is 2. The molecule has 0 spiro atoms. The van der Waals surface area contributed by atoms with Gasteiger partial charge in [0.2, 0.25) is 10.0 Å². The quantitative estimate of drug-likeness (QED) is 0.697. The van der Waals surface area contributed by atoms with Crippen LogP contribution < -0.4 is 4.72 Å². The molecule has 0 aliphatic heterocycles. The van der Waals surface area contributed by atoms with Gasteiger partial charge in [-0.2, -0.15) is 4.72 Å². The van der Waals surface area contributed by atoms with Crippen LogP contribution in [0.5, 0.6) is 0 Å². The number of aliphatic carboxylic acids is 1. The number of benzene rings is 1. The van der Waals surface area contributed by atoms with Crippen LogP contribution in [0.3, 0.4) is 0 Å². The molecule has 0 saturated heterocycles. The first kappa shape index (κ1) is 18.2. The van der Waals surface area contributed by atoms with Gasteiger partial charge >= 0.3 is 5.97 Å². The lowest BCUT2D eigenvalue weighted by Crippen LogP contribution is -2.40. The monoisotopic (exact) mass is 355 g/mol. The standard InChI is InChI=1S/C12H15Cl2NO5S/c1-20-6-2-3-11(12(16)17)15-21(18,19)8-4-5-9(13)10(14)7-8/h4-5,7,11,15H,2-3,6H2,1H3,(H,16,17). The zero-order chi connectivity index (χ0) is 16.0. The molecule has 2 N–H and O–H groups in total. The third-order valence-corrected chi connectivity index (χ3v) is 4.85. The summed E-state index contributed by atoms with van der Waals surface area (Å²) < 4.78 is 31.2. The predicted octanol–water partition coefficient (Wildman–Crippen LogP) is 2.15. The fourth-order valence-corrected chi connectivity index (χ4v) is 3.18. The van der Waals surface area contributed by atoms with Gasteiger partial charge in [0.05, 0.1) is 14.9 Å². The van der Waals surface area contributed by atoms with Gasteiger partial charge in [0.1, 0.15) is 6.04 Å². The van der Waals surface area contributed by atoms with Gasteiger partial charge in [0, 0.05) is 13.7 Å². The lowest BCUT2D eigenvalue weighted by Gasteiger charge is -2.15. The van der Waals surface area contributed by atoms with E-state index in [1.807, 2.05) is 0 Å². The van der Waals surface area contributed by atoms with Crippen LogP contribution in [0.15, 0.2) is 23.1 Å². The second-order valence-electron chi connectivity index (χ2n) is 4.22. The number of halogens is 2. The average molecular weight is 356 g/mol. The van der Waals surface area contributed by atoms with Crippen molar-refractivity contribution in [3.63, 3.8) is 0 Å². The Labute approximate surface area is 133 Å². The van der Waals surface area contributed by atoms with Crippen LogP contribution >= 0.6 is 23.2 Å². The summed E-state index contributed by atoms with van der Waals surface area (Å²) in [7, 11) is -2.51. The predicted molar refractivity (Wildman–Crippen MR) is 79.3 cm³/mol. The Morgan fingerprint density at radius 3 is 2.57 bits per heavy atom. The molecule has 0 fully saturated rings. The molecule has 1 aromatic rings. The highest BCUT2D eigenvalue weighted by atomic mass is 35.5. The molecule has 9 heteroatoms. The first-order valence-electron chi connectivity index (χ1n) is 5.97. The molecule has 0 amide bonds. The minimum absolute atomic E-state index is 0.0748. The lowest BCUT2D eigenvalue weighted by molar-refractivity contribution is -0.139. The van der Waals surface area contributed by atoms with Crippen molar-refractivity contribution >= 4 is 39.2 Å². The van der Waals surface area contributed by atoms with Crippen molar-refractivity contribution in [1.29, 1.82) is 0 Å². The van der Waals surface area contributed by atoms with Crippen molar-refractivity contribution in [2.45, 2.75) is 23.8 Å². The minimum Gasteiger partial charge on any atom is -0.480 e. The number of methoxy groups -OCH3 is 1. The molecule has 1 unspecified atom stereocenters. The lowest BCUT2D eigenvalue weighted by atomic mass is 10.2. The zero-order valence-corrected chi connectivity index (χ0v) is 13.5. The van der Waals surface area contributed by atoms with Gasteiger partial charge in [-0.3, -0.25) is 4.79 Å². The summed E-state index contributed by atoms with van der Waals surface area (Å²) >= 11 is 11.5. The molecule has 1 atom stereocenters. The molecule has 0 aliphatic rings. The van der Waals surface area contributed by atoms with Crippen LogP contribution in [0.1, 0.15) is 12.8 Å². The van der Waals surface area contributed by atoms with E-state index in [1.165, 1.54) is 25.3 Å². The van der Waals surface area contributed by atoms with E-state index in [9.17, 15) is 13.2 Å². The summed E-state index contributed by atoms with van der Waals surface area (Å²) in [6.45, 7) is 0.346. The van der Waals surface area contributed by atoms with E-state index in [0.29, 0.717) is 13.0 Å². The molecular formula is C12H15Cl2NO5S. The molecule has 118 valence electrons. The van der Waals surface area contributed by atoms with Gasteiger partial charge in [-0.25, -0.2) is 8.42 Å². The van der Waals surface area contributed by atoms with Crippen molar-refractivity contribution < 1.29 is 23.1 Å². The summed E-state index contributed by atoms with van der Waals surface area (Å²) in [5.74, 6) is -1.25. The van der Waals surface area contributed by atoms with Crippen molar-refractivity contribution in [1.82, 2.24) is 4.72 Å². The highest BCUT2D eigenvalue weighted by Gasteiger charge is 2.25. The van der Waals surface area contributed by atoms with Gasteiger partial charge in [0.15, 0.2) is 0 Å². The van der Waals surface area contributed by atoms with E-state index in [1.54, 1.807) is 0 Å². The molecule has 0 heterocycles. The van der Waals surface area contributed by atoms with Crippen molar-refractivity contribution in [2.75, 3.05) is 13.7 Å². The largest absolute Gasteiger partial charge is 0.480 e. The van der Waals surface area contributed by atoms with Gasteiger partial charge < -0.3 is 9.84 Å². The number of carboxylic acid groups (broad SMARTS) is 1. The zero-order valence-electron chi connectivity index (χ0n) is 11.2. The van der Waals surface area contributed by atoms with Crippen molar-refractivity contribution in [3.05, 3.63) is 28.2 Å². The number of rotatable bonds is 8. The molecule has 0 aromatic heterocycles. The second-order valence-corrected chi connectivity index (χ2v) is 6.75. The first-order chi connectivity index (χ1) is 9.77. The summed E-state index contributed by atoms with van der Waals surface area (Å²) in [4.78, 5) is 11.0. The Morgan fingerprint density at radius 2 is 2.05 bits per heavy atom. The Kier molecular flexibility index (Phi) is 6.89. The molecule has 21 heavy (non-hydrogen) atoms. The number of carbonyl (C=O) groups is 1. The third-order valence-electron chi connectivity index (χ3n) is 2.64. The van der Waals surface area contributed by atoms with E-state index in [0.717, 1.165) is 0 Å². The number of sulfonamides is 1. The maximum atomic E-state index is 12.1. The minimum atomic E-state index is -4.00.